The van der Waals surface area contributed by atoms with Gasteiger partial charge < -0.3 is 14.6 Å². The molecule has 0 radical (unpaired) electrons. The van der Waals surface area contributed by atoms with E-state index in [1.807, 2.05) is 26.0 Å². The molecule has 1 aromatic carbocycles. The van der Waals surface area contributed by atoms with Crippen molar-refractivity contribution < 1.29 is 14.6 Å². The Hall–Kier alpha value is -1.35. The summed E-state index contributed by atoms with van der Waals surface area (Å²) in [7, 11) is 1.56. The van der Waals surface area contributed by atoms with Gasteiger partial charge in [-0.1, -0.05) is 6.07 Å². The van der Waals surface area contributed by atoms with E-state index < -0.39 is 5.41 Å². The zero-order valence-electron chi connectivity index (χ0n) is 9.28. The highest BCUT2D eigenvalue weighted by molar-refractivity contribution is 5.67. The first-order chi connectivity index (χ1) is 7.03. The smallest absolute Gasteiger partial charge is 0.129 e. The van der Waals surface area contributed by atoms with Gasteiger partial charge in [0.15, 0.2) is 0 Å². The lowest BCUT2D eigenvalue weighted by molar-refractivity contribution is -0.111. The van der Waals surface area contributed by atoms with Crippen molar-refractivity contribution >= 4 is 6.29 Å². The molecule has 0 aliphatic carbocycles. The maximum Gasteiger partial charge on any atom is 0.129 e. The fourth-order valence-electron chi connectivity index (χ4n) is 1.31. The maximum atomic E-state index is 10.9. The van der Waals surface area contributed by atoms with Crippen molar-refractivity contribution in [1.82, 2.24) is 0 Å². The third-order valence-corrected chi connectivity index (χ3v) is 2.42. The molecule has 0 bridgehead atoms. The number of carbonyl (C=O) groups is 1. The lowest BCUT2D eigenvalue weighted by Gasteiger charge is -2.19. The van der Waals surface area contributed by atoms with Crippen molar-refractivity contribution in [3.05, 3.63) is 29.3 Å². The minimum absolute atomic E-state index is 0.0564. The zero-order chi connectivity index (χ0) is 11.5. The van der Waals surface area contributed by atoms with Gasteiger partial charge in [-0.15, -0.1) is 0 Å². The molecule has 0 aliphatic heterocycles. The summed E-state index contributed by atoms with van der Waals surface area (Å²) in [5, 5.41) is 9.08. The lowest BCUT2D eigenvalue weighted by Crippen LogP contribution is -2.19. The van der Waals surface area contributed by atoms with Crippen LogP contribution in [0, 0.1) is 0 Å². The molecule has 0 saturated heterocycles. The number of aliphatic hydroxyl groups excluding tert-OH is 1. The van der Waals surface area contributed by atoms with Crippen LogP contribution in [0.5, 0.6) is 5.75 Å². The third-order valence-electron chi connectivity index (χ3n) is 2.42. The monoisotopic (exact) mass is 208 g/mol. The Morgan fingerprint density at radius 1 is 1.40 bits per heavy atom. The molecule has 0 fully saturated rings. The normalized spacial score (nSPS) is 11.2. The first-order valence-electron chi connectivity index (χ1n) is 4.79. The first-order valence-corrected chi connectivity index (χ1v) is 4.79. The molecular weight excluding hydrogens is 192 g/mol. The van der Waals surface area contributed by atoms with Crippen LogP contribution in [0.4, 0.5) is 0 Å². The van der Waals surface area contributed by atoms with E-state index in [1.165, 1.54) is 0 Å². The van der Waals surface area contributed by atoms with Crippen LogP contribution >= 0.6 is 0 Å². The van der Waals surface area contributed by atoms with E-state index in [0.29, 0.717) is 5.75 Å². The molecule has 0 spiro atoms. The standard InChI is InChI=1S/C12H16O3/c1-12(2,8-14)10-4-9(7-13)5-11(6-10)15-3/h4-6,8,13H,7H2,1-3H3. The van der Waals surface area contributed by atoms with E-state index in [0.717, 1.165) is 17.4 Å². The van der Waals surface area contributed by atoms with Crippen LogP contribution in [0.2, 0.25) is 0 Å². The summed E-state index contributed by atoms with van der Waals surface area (Å²) in [6.07, 6.45) is 0.892. The topological polar surface area (TPSA) is 46.5 Å². The number of aliphatic hydroxyl groups is 1. The fraction of sp³-hybridized carbons (Fsp3) is 0.417. The highest BCUT2D eigenvalue weighted by atomic mass is 16.5. The number of hydrogen-bond acceptors (Lipinski definition) is 3. The Morgan fingerprint density at radius 3 is 2.53 bits per heavy atom. The maximum absolute atomic E-state index is 10.9. The number of ether oxygens (including phenoxy) is 1. The molecule has 0 atom stereocenters. The molecule has 15 heavy (non-hydrogen) atoms. The van der Waals surface area contributed by atoms with Gasteiger partial charge in [-0.3, -0.25) is 0 Å². The second kappa shape index (κ2) is 4.45. The summed E-state index contributed by atoms with van der Waals surface area (Å²) < 4.78 is 5.11. The summed E-state index contributed by atoms with van der Waals surface area (Å²) >= 11 is 0. The molecule has 0 aromatic heterocycles. The second-order valence-electron chi connectivity index (χ2n) is 4.07. The molecule has 1 aromatic rings. The minimum Gasteiger partial charge on any atom is -0.497 e. The van der Waals surface area contributed by atoms with Crippen LogP contribution < -0.4 is 4.74 Å². The van der Waals surface area contributed by atoms with E-state index in [2.05, 4.69) is 0 Å². The summed E-state index contributed by atoms with van der Waals surface area (Å²) in [6, 6.07) is 5.38. The van der Waals surface area contributed by atoms with Crippen LogP contribution in [0.3, 0.4) is 0 Å². The summed E-state index contributed by atoms with van der Waals surface area (Å²) in [5.74, 6) is 0.659. The molecule has 0 heterocycles. The van der Waals surface area contributed by atoms with Gasteiger partial charge in [0.2, 0.25) is 0 Å². The van der Waals surface area contributed by atoms with Gasteiger partial charge in [0.25, 0.3) is 0 Å². The van der Waals surface area contributed by atoms with Crippen molar-refractivity contribution in [2.45, 2.75) is 25.9 Å². The van der Waals surface area contributed by atoms with Gasteiger partial charge in [0, 0.05) is 5.41 Å². The Balaban J connectivity index is 3.23. The minimum atomic E-state index is -0.557. The van der Waals surface area contributed by atoms with E-state index in [-0.39, 0.29) is 6.61 Å². The fourth-order valence-corrected chi connectivity index (χ4v) is 1.31. The summed E-state index contributed by atoms with van der Waals surface area (Å²) in [4.78, 5) is 10.9. The Bertz CT molecular complexity index is 334. The summed E-state index contributed by atoms with van der Waals surface area (Å²) in [6.45, 7) is 3.60. The molecule has 0 unspecified atom stereocenters. The molecule has 3 nitrogen and oxygen atoms in total. The number of hydrogen-bond donors (Lipinski definition) is 1. The van der Waals surface area contributed by atoms with Crippen molar-refractivity contribution in [2.75, 3.05) is 7.11 Å². The van der Waals surface area contributed by atoms with Crippen molar-refractivity contribution in [3.8, 4) is 5.75 Å². The largest absolute Gasteiger partial charge is 0.497 e. The molecular formula is C12H16O3. The number of methoxy groups -OCH3 is 1. The average molecular weight is 208 g/mol. The second-order valence-corrected chi connectivity index (χ2v) is 4.07. The van der Waals surface area contributed by atoms with Crippen LogP contribution in [0.25, 0.3) is 0 Å². The third kappa shape index (κ3) is 2.57. The van der Waals surface area contributed by atoms with Crippen LogP contribution in [0.1, 0.15) is 25.0 Å². The quantitative estimate of drug-likeness (QED) is 0.765. The SMILES string of the molecule is COc1cc(CO)cc(C(C)(C)C=O)c1. The molecule has 1 N–H and O–H groups in total. The Morgan fingerprint density at radius 2 is 2.07 bits per heavy atom. The molecule has 0 amide bonds. The zero-order valence-corrected chi connectivity index (χ0v) is 9.28. The number of aldehydes is 1. The van der Waals surface area contributed by atoms with Gasteiger partial charge in [-0.25, -0.2) is 0 Å². The van der Waals surface area contributed by atoms with Crippen LogP contribution in [-0.4, -0.2) is 18.5 Å². The first kappa shape index (κ1) is 11.7. The van der Waals surface area contributed by atoms with E-state index >= 15 is 0 Å². The van der Waals surface area contributed by atoms with Crippen LogP contribution in [0.15, 0.2) is 18.2 Å². The predicted octanol–water partition coefficient (Wildman–Crippen LogP) is 1.66. The number of benzene rings is 1. The van der Waals surface area contributed by atoms with Gasteiger partial charge in [0.05, 0.1) is 13.7 Å². The number of rotatable bonds is 4. The van der Waals surface area contributed by atoms with E-state index in [1.54, 1.807) is 13.2 Å². The summed E-state index contributed by atoms with van der Waals surface area (Å²) in [5.41, 5.74) is 1.04. The van der Waals surface area contributed by atoms with E-state index in [4.69, 9.17) is 9.84 Å². The van der Waals surface area contributed by atoms with Gasteiger partial charge >= 0.3 is 0 Å². The molecule has 1 rings (SSSR count). The van der Waals surface area contributed by atoms with Crippen molar-refractivity contribution in [1.29, 1.82) is 0 Å². The lowest BCUT2D eigenvalue weighted by atomic mass is 9.85. The van der Waals surface area contributed by atoms with Crippen molar-refractivity contribution in [2.24, 2.45) is 0 Å². The van der Waals surface area contributed by atoms with Gasteiger partial charge in [-0.2, -0.15) is 0 Å². The molecule has 0 aliphatic rings. The van der Waals surface area contributed by atoms with E-state index in [9.17, 15) is 4.79 Å². The Labute approximate surface area is 89.7 Å². The highest BCUT2D eigenvalue weighted by Gasteiger charge is 2.20. The Kier molecular flexibility index (Phi) is 3.48. The highest BCUT2D eigenvalue weighted by Crippen LogP contribution is 2.26. The average Bonchev–Trinajstić information content (AvgIpc) is 2.28. The van der Waals surface area contributed by atoms with Gasteiger partial charge in [-0.05, 0) is 37.1 Å². The molecule has 82 valence electrons. The number of carbonyl (C=O) groups excluding carboxylic acids is 1. The molecule has 3 heteroatoms. The van der Waals surface area contributed by atoms with Crippen molar-refractivity contribution in [3.63, 3.8) is 0 Å². The predicted molar refractivity (Wildman–Crippen MR) is 58.0 cm³/mol. The van der Waals surface area contributed by atoms with Crippen LogP contribution in [-0.2, 0) is 16.8 Å². The van der Waals surface area contributed by atoms with Gasteiger partial charge in [0.1, 0.15) is 12.0 Å². The molecule has 0 saturated carbocycles.